The molecule has 0 saturated carbocycles. The van der Waals surface area contributed by atoms with Crippen LogP contribution in [0.25, 0.3) is 0 Å². The number of hydrogen-bond donors (Lipinski definition) is 0. The summed E-state index contributed by atoms with van der Waals surface area (Å²) in [6.45, 7) is 6.95. The zero-order chi connectivity index (χ0) is 13.2. The summed E-state index contributed by atoms with van der Waals surface area (Å²) in [7, 11) is 0. The molecule has 1 unspecified atom stereocenters. The van der Waals surface area contributed by atoms with Crippen LogP contribution >= 0.6 is 11.6 Å². The van der Waals surface area contributed by atoms with Gasteiger partial charge in [0.2, 0.25) is 0 Å². The first-order valence-electron chi connectivity index (χ1n) is 7.28. The number of nitrogens with zero attached hydrogens (tertiary/aromatic N) is 3. The number of rotatable bonds is 2. The standard InChI is InChI=1S/C15H22ClN3/c1-12-8-13(9-16)10-17-15(12)19-7-3-6-18-5-2-4-14(18)11-19/h8,10,14H,2-7,9,11H2,1H3. The maximum Gasteiger partial charge on any atom is 0.131 e. The number of alkyl halides is 1. The van der Waals surface area contributed by atoms with E-state index in [1.807, 2.05) is 6.20 Å². The van der Waals surface area contributed by atoms with Crippen LogP contribution in [0.2, 0.25) is 0 Å². The van der Waals surface area contributed by atoms with Gasteiger partial charge in [0.1, 0.15) is 5.82 Å². The van der Waals surface area contributed by atoms with Crippen molar-refractivity contribution in [3.8, 4) is 0 Å². The largest absolute Gasteiger partial charge is 0.355 e. The molecule has 4 heteroatoms. The summed E-state index contributed by atoms with van der Waals surface area (Å²) in [6, 6.07) is 2.91. The van der Waals surface area contributed by atoms with Gasteiger partial charge >= 0.3 is 0 Å². The van der Waals surface area contributed by atoms with Crippen molar-refractivity contribution in [3.63, 3.8) is 0 Å². The maximum atomic E-state index is 5.88. The van der Waals surface area contributed by atoms with Crippen LogP contribution in [0, 0.1) is 6.92 Å². The van der Waals surface area contributed by atoms with Gasteiger partial charge in [-0.2, -0.15) is 0 Å². The number of aryl methyl sites for hydroxylation is 1. The van der Waals surface area contributed by atoms with E-state index in [1.54, 1.807) is 0 Å². The number of fused-ring (bicyclic) bond motifs is 1. The van der Waals surface area contributed by atoms with Crippen LogP contribution in [0.3, 0.4) is 0 Å². The van der Waals surface area contributed by atoms with Crippen molar-refractivity contribution in [2.45, 2.75) is 38.1 Å². The van der Waals surface area contributed by atoms with Crippen molar-refractivity contribution in [2.75, 3.05) is 31.1 Å². The fourth-order valence-corrected chi connectivity index (χ4v) is 3.58. The fourth-order valence-electron chi connectivity index (χ4n) is 3.43. The van der Waals surface area contributed by atoms with Gasteiger partial charge in [-0.25, -0.2) is 4.98 Å². The highest BCUT2D eigenvalue weighted by molar-refractivity contribution is 6.17. The Balaban J connectivity index is 1.80. The molecule has 0 aliphatic carbocycles. The molecule has 0 spiro atoms. The Bertz CT molecular complexity index is 449. The lowest BCUT2D eigenvalue weighted by molar-refractivity contribution is 0.273. The molecule has 0 radical (unpaired) electrons. The third-order valence-corrected chi connectivity index (χ3v) is 4.67. The molecule has 2 saturated heterocycles. The second kappa shape index (κ2) is 5.68. The number of pyridine rings is 1. The molecule has 0 bridgehead atoms. The van der Waals surface area contributed by atoms with Crippen LogP contribution in [0.1, 0.15) is 30.4 Å². The van der Waals surface area contributed by atoms with Crippen molar-refractivity contribution < 1.29 is 0 Å². The average molecular weight is 280 g/mol. The summed E-state index contributed by atoms with van der Waals surface area (Å²) in [5.41, 5.74) is 2.37. The summed E-state index contributed by atoms with van der Waals surface area (Å²) >= 11 is 5.88. The highest BCUT2D eigenvalue weighted by Gasteiger charge is 2.29. The van der Waals surface area contributed by atoms with E-state index in [-0.39, 0.29) is 0 Å². The van der Waals surface area contributed by atoms with Gasteiger partial charge in [0, 0.05) is 37.8 Å². The Morgan fingerprint density at radius 3 is 2.95 bits per heavy atom. The topological polar surface area (TPSA) is 19.4 Å². The molecule has 3 nitrogen and oxygen atoms in total. The Kier molecular flexibility index (Phi) is 3.94. The van der Waals surface area contributed by atoms with Crippen molar-refractivity contribution in [3.05, 3.63) is 23.4 Å². The lowest BCUT2D eigenvalue weighted by atomic mass is 10.1. The van der Waals surface area contributed by atoms with Gasteiger partial charge in [-0.1, -0.05) is 0 Å². The van der Waals surface area contributed by atoms with Gasteiger partial charge < -0.3 is 4.90 Å². The van der Waals surface area contributed by atoms with Crippen molar-refractivity contribution in [1.82, 2.24) is 9.88 Å². The van der Waals surface area contributed by atoms with Gasteiger partial charge in [0.25, 0.3) is 0 Å². The molecule has 1 aromatic heterocycles. The Hall–Kier alpha value is -0.800. The number of hydrogen-bond acceptors (Lipinski definition) is 3. The van der Waals surface area contributed by atoms with Crippen LogP contribution in [-0.4, -0.2) is 42.1 Å². The first-order chi connectivity index (χ1) is 9.28. The lowest BCUT2D eigenvalue weighted by Crippen LogP contribution is -2.37. The van der Waals surface area contributed by atoms with Crippen LogP contribution in [-0.2, 0) is 5.88 Å². The minimum atomic E-state index is 0.546. The van der Waals surface area contributed by atoms with E-state index in [9.17, 15) is 0 Å². The quantitative estimate of drug-likeness (QED) is 0.776. The molecule has 1 aromatic rings. The van der Waals surface area contributed by atoms with E-state index >= 15 is 0 Å². The van der Waals surface area contributed by atoms with Crippen molar-refractivity contribution in [2.24, 2.45) is 0 Å². The predicted molar refractivity (Wildman–Crippen MR) is 80.0 cm³/mol. The third-order valence-electron chi connectivity index (χ3n) is 4.36. The minimum absolute atomic E-state index is 0.546. The van der Waals surface area contributed by atoms with E-state index in [1.165, 1.54) is 37.9 Å². The van der Waals surface area contributed by atoms with Crippen molar-refractivity contribution in [1.29, 1.82) is 0 Å². The molecule has 2 aliphatic heterocycles. The molecule has 1 atom stereocenters. The monoisotopic (exact) mass is 279 g/mol. The number of aromatic nitrogens is 1. The van der Waals surface area contributed by atoms with Gasteiger partial charge in [-0.3, -0.25) is 4.90 Å². The Labute approximate surface area is 120 Å². The van der Waals surface area contributed by atoms with Gasteiger partial charge in [-0.05, 0) is 49.9 Å². The molecule has 2 aliphatic rings. The summed E-state index contributed by atoms with van der Waals surface area (Å²) < 4.78 is 0. The molecular formula is C15H22ClN3. The van der Waals surface area contributed by atoms with Crippen LogP contribution in [0.4, 0.5) is 5.82 Å². The normalized spacial score (nSPS) is 24.3. The lowest BCUT2D eigenvalue weighted by Gasteiger charge is -2.27. The molecular weight excluding hydrogens is 258 g/mol. The first-order valence-corrected chi connectivity index (χ1v) is 7.82. The molecule has 3 rings (SSSR count). The summed E-state index contributed by atoms with van der Waals surface area (Å²) in [6.07, 6.45) is 5.87. The minimum Gasteiger partial charge on any atom is -0.355 e. The number of halogens is 1. The molecule has 0 aromatic carbocycles. The highest BCUT2D eigenvalue weighted by Crippen LogP contribution is 2.26. The molecule has 19 heavy (non-hydrogen) atoms. The van der Waals surface area contributed by atoms with Crippen LogP contribution < -0.4 is 4.90 Å². The predicted octanol–water partition coefficient (Wildman–Crippen LogP) is 2.80. The zero-order valence-corrected chi connectivity index (χ0v) is 12.4. The Morgan fingerprint density at radius 2 is 2.16 bits per heavy atom. The summed E-state index contributed by atoms with van der Waals surface area (Å²) in [4.78, 5) is 9.78. The summed E-state index contributed by atoms with van der Waals surface area (Å²) in [5.74, 6) is 1.70. The first kappa shape index (κ1) is 13.2. The van der Waals surface area contributed by atoms with E-state index in [0.29, 0.717) is 5.88 Å². The molecule has 0 N–H and O–H groups in total. The smallest absolute Gasteiger partial charge is 0.131 e. The third kappa shape index (κ3) is 2.72. The highest BCUT2D eigenvalue weighted by atomic mass is 35.5. The zero-order valence-electron chi connectivity index (χ0n) is 11.6. The van der Waals surface area contributed by atoms with Crippen LogP contribution in [0.15, 0.2) is 12.3 Å². The maximum absolute atomic E-state index is 5.88. The molecule has 0 amide bonds. The van der Waals surface area contributed by atoms with E-state index in [0.717, 1.165) is 30.5 Å². The van der Waals surface area contributed by atoms with E-state index < -0.39 is 0 Å². The van der Waals surface area contributed by atoms with Crippen LogP contribution in [0.5, 0.6) is 0 Å². The fraction of sp³-hybridized carbons (Fsp3) is 0.667. The van der Waals surface area contributed by atoms with E-state index in [2.05, 4.69) is 27.8 Å². The van der Waals surface area contributed by atoms with E-state index in [4.69, 9.17) is 11.6 Å². The molecule has 2 fully saturated rings. The second-order valence-corrected chi connectivity index (χ2v) is 6.02. The van der Waals surface area contributed by atoms with Gasteiger partial charge in [-0.15, -0.1) is 11.6 Å². The number of anilines is 1. The average Bonchev–Trinajstić information content (AvgIpc) is 2.76. The van der Waals surface area contributed by atoms with Gasteiger partial charge in [0.15, 0.2) is 0 Å². The van der Waals surface area contributed by atoms with Crippen molar-refractivity contribution >= 4 is 17.4 Å². The molecule has 104 valence electrons. The van der Waals surface area contributed by atoms with Gasteiger partial charge in [0.05, 0.1) is 0 Å². The Morgan fingerprint density at radius 1 is 1.32 bits per heavy atom. The SMILES string of the molecule is Cc1cc(CCl)cnc1N1CCCN2CCCC2C1. The summed E-state index contributed by atoms with van der Waals surface area (Å²) in [5, 5.41) is 0. The molecule has 3 heterocycles. The second-order valence-electron chi connectivity index (χ2n) is 5.75.